The molecule has 7 heteroatoms. The van der Waals surface area contributed by atoms with Gasteiger partial charge >= 0.3 is 6.03 Å². The molecule has 3 aromatic carbocycles. The monoisotopic (exact) mass is 377 g/mol. The predicted molar refractivity (Wildman–Crippen MR) is 108 cm³/mol. The molecule has 0 aliphatic heterocycles. The van der Waals surface area contributed by atoms with Crippen LogP contribution in [0.1, 0.15) is 11.1 Å². The average molecular weight is 377 g/mol. The molecule has 3 aromatic rings. The van der Waals surface area contributed by atoms with Crippen LogP contribution in [0.3, 0.4) is 0 Å². The van der Waals surface area contributed by atoms with Gasteiger partial charge in [0, 0.05) is 23.5 Å². The number of benzene rings is 3. The van der Waals surface area contributed by atoms with Crippen LogP contribution in [0.2, 0.25) is 0 Å². The lowest BCUT2D eigenvalue weighted by Gasteiger charge is -2.11. The molecular formula is C21H19N3O4. The first kappa shape index (κ1) is 18.9. The summed E-state index contributed by atoms with van der Waals surface area (Å²) >= 11 is 0. The smallest absolute Gasteiger partial charge is 0.323 e. The van der Waals surface area contributed by atoms with E-state index in [2.05, 4.69) is 10.6 Å². The number of nitrogens with one attached hydrogen (secondary N) is 2. The van der Waals surface area contributed by atoms with Crippen molar-refractivity contribution in [2.24, 2.45) is 0 Å². The van der Waals surface area contributed by atoms with Gasteiger partial charge in [-0.25, -0.2) is 4.79 Å². The van der Waals surface area contributed by atoms with Crippen LogP contribution >= 0.6 is 0 Å². The third kappa shape index (κ3) is 4.85. The van der Waals surface area contributed by atoms with Crippen molar-refractivity contribution in [3.8, 4) is 11.5 Å². The summed E-state index contributed by atoms with van der Waals surface area (Å²) < 4.78 is 5.64. The fourth-order valence-electron chi connectivity index (χ4n) is 2.62. The van der Waals surface area contributed by atoms with Crippen molar-refractivity contribution in [3.05, 3.63) is 88.0 Å². The number of nitrogens with zero attached hydrogens (tertiary/aromatic N) is 1. The third-order valence-electron chi connectivity index (χ3n) is 4.03. The van der Waals surface area contributed by atoms with Gasteiger partial charge in [0.15, 0.2) is 0 Å². The van der Waals surface area contributed by atoms with E-state index in [9.17, 15) is 14.9 Å². The summed E-state index contributed by atoms with van der Waals surface area (Å²) in [5.41, 5.74) is 3.48. The number of amides is 2. The molecule has 0 spiro atoms. The van der Waals surface area contributed by atoms with Gasteiger partial charge < -0.3 is 15.4 Å². The van der Waals surface area contributed by atoms with E-state index in [1.165, 1.54) is 24.3 Å². The molecule has 142 valence electrons. The summed E-state index contributed by atoms with van der Waals surface area (Å²) in [7, 11) is 0. The normalized spacial score (nSPS) is 10.2. The van der Waals surface area contributed by atoms with Crippen molar-refractivity contribution in [1.29, 1.82) is 0 Å². The zero-order valence-corrected chi connectivity index (χ0v) is 15.4. The van der Waals surface area contributed by atoms with E-state index in [1.54, 1.807) is 24.3 Å². The Morgan fingerprint density at radius 1 is 0.893 bits per heavy atom. The molecule has 0 heterocycles. The molecular weight excluding hydrogens is 358 g/mol. The molecule has 0 unspecified atom stereocenters. The fourth-order valence-corrected chi connectivity index (χ4v) is 2.62. The number of hydrogen-bond donors (Lipinski definition) is 2. The Morgan fingerprint density at radius 2 is 1.50 bits per heavy atom. The first-order chi connectivity index (χ1) is 13.4. The Balaban J connectivity index is 1.59. The van der Waals surface area contributed by atoms with Gasteiger partial charge in [-0.05, 0) is 61.9 Å². The second-order valence-corrected chi connectivity index (χ2v) is 6.27. The summed E-state index contributed by atoms with van der Waals surface area (Å²) in [4.78, 5) is 22.4. The summed E-state index contributed by atoms with van der Waals surface area (Å²) in [5.74, 6) is 1.04. The van der Waals surface area contributed by atoms with Gasteiger partial charge in [0.1, 0.15) is 11.5 Å². The first-order valence-electron chi connectivity index (χ1n) is 8.58. The topological polar surface area (TPSA) is 93.5 Å². The summed E-state index contributed by atoms with van der Waals surface area (Å²) in [5, 5.41) is 16.3. The Kier molecular flexibility index (Phi) is 5.55. The van der Waals surface area contributed by atoms with E-state index in [0.29, 0.717) is 17.2 Å². The third-order valence-corrected chi connectivity index (χ3v) is 4.03. The van der Waals surface area contributed by atoms with E-state index in [-0.39, 0.29) is 11.7 Å². The molecule has 0 radical (unpaired) electrons. The Hall–Kier alpha value is -3.87. The van der Waals surface area contributed by atoms with E-state index in [0.717, 1.165) is 16.8 Å². The van der Waals surface area contributed by atoms with Crippen molar-refractivity contribution < 1.29 is 14.5 Å². The second kappa shape index (κ2) is 8.22. The maximum absolute atomic E-state index is 12.2. The van der Waals surface area contributed by atoms with Crippen LogP contribution in [0.4, 0.5) is 21.9 Å². The fraction of sp³-hybridized carbons (Fsp3) is 0.0952. The molecule has 0 aliphatic rings. The highest BCUT2D eigenvalue weighted by Gasteiger charge is 2.07. The number of rotatable bonds is 5. The van der Waals surface area contributed by atoms with Crippen LogP contribution in [-0.2, 0) is 0 Å². The summed E-state index contributed by atoms with van der Waals surface area (Å²) in [6, 6.07) is 18.1. The zero-order chi connectivity index (χ0) is 20.1. The quantitative estimate of drug-likeness (QED) is 0.444. The number of carbonyl (C=O) groups excluding carboxylic acids is 1. The average Bonchev–Trinajstić information content (AvgIpc) is 2.66. The molecule has 0 bridgehead atoms. The van der Waals surface area contributed by atoms with Crippen molar-refractivity contribution >= 4 is 23.1 Å². The molecule has 0 aliphatic carbocycles. The second-order valence-electron chi connectivity index (χ2n) is 6.27. The van der Waals surface area contributed by atoms with E-state index in [4.69, 9.17) is 4.74 Å². The van der Waals surface area contributed by atoms with Crippen molar-refractivity contribution in [3.63, 3.8) is 0 Å². The number of urea groups is 1. The number of anilines is 2. The molecule has 0 saturated carbocycles. The van der Waals surface area contributed by atoms with Crippen LogP contribution in [0, 0.1) is 24.0 Å². The first-order valence-corrected chi connectivity index (χ1v) is 8.58. The summed E-state index contributed by atoms with van der Waals surface area (Å²) in [6.07, 6.45) is 0. The summed E-state index contributed by atoms with van der Waals surface area (Å²) in [6.45, 7) is 3.93. The van der Waals surface area contributed by atoms with Crippen LogP contribution in [0.5, 0.6) is 11.5 Å². The molecule has 7 nitrogen and oxygen atoms in total. The highest BCUT2D eigenvalue weighted by Crippen LogP contribution is 2.25. The van der Waals surface area contributed by atoms with Crippen molar-refractivity contribution in [1.82, 2.24) is 0 Å². The Bertz CT molecular complexity index is 999. The van der Waals surface area contributed by atoms with Gasteiger partial charge in [-0.1, -0.05) is 17.7 Å². The number of nitro groups is 1. The maximum Gasteiger partial charge on any atom is 0.323 e. The standard InChI is InChI=1S/C21H19N3O4/c1-14-3-12-20(15(2)13-14)23-21(25)22-16-4-8-18(9-5-16)28-19-10-6-17(7-11-19)24(26)27/h3-13H,1-2H3,(H2,22,23,25). The number of ether oxygens (including phenoxy) is 1. The van der Waals surface area contributed by atoms with Crippen LogP contribution < -0.4 is 15.4 Å². The maximum atomic E-state index is 12.2. The molecule has 0 atom stereocenters. The highest BCUT2D eigenvalue weighted by atomic mass is 16.6. The van der Waals surface area contributed by atoms with Gasteiger partial charge in [-0.15, -0.1) is 0 Å². The number of hydrogen-bond acceptors (Lipinski definition) is 4. The molecule has 2 N–H and O–H groups in total. The Labute approximate surface area is 162 Å². The van der Waals surface area contributed by atoms with Crippen LogP contribution in [0.15, 0.2) is 66.7 Å². The molecule has 0 fully saturated rings. The van der Waals surface area contributed by atoms with Gasteiger partial charge in [-0.2, -0.15) is 0 Å². The molecule has 0 saturated heterocycles. The largest absolute Gasteiger partial charge is 0.457 e. The predicted octanol–water partition coefficient (Wildman–Crippen LogP) is 5.65. The molecule has 28 heavy (non-hydrogen) atoms. The molecule has 2 amide bonds. The van der Waals surface area contributed by atoms with Gasteiger partial charge in [0.05, 0.1) is 4.92 Å². The Morgan fingerprint density at radius 3 is 2.07 bits per heavy atom. The van der Waals surface area contributed by atoms with Crippen molar-refractivity contribution in [2.45, 2.75) is 13.8 Å². The zero-order valence-electron chi connectivity index (χ0n) is 15.4. The molecule has 3 rings (SSSR count). The number of carbonyl (C=O) groups is 1. The van der Waals surface area contributed by atoms with Crippen molar-refractivity contribution in [2.75, 3.05) is 10.6 Å². The lowest BCUT2D eigenvalue weighted by molar-refractivity contribution is -0.384. The minimum absolute atomic E-state index is 0.00160. The number of aryl methyl sites for hydroxylation is 2. The van der Waals surface area contributed by atoms with E-state index >= 15 is 0 Å². The van der Waals surface area contributed by atoms with E-state index < -0.39 is 4.92 Å². The lowest BCUT2D eigenvalue weighted by atomic mass is 10.1. The minimum atomic E-state index is -0.465. The van der Waals surface area contributed by atoms with Gasteiger partial charge in [-0.3, -0.25) is 10.1 Å². The lowest BCUT2D eigenvalue weighted by Crippen LogP contribution is -2.19. The molecule has 0 aromatic heterocycles. The van der Waals surface area contributed by atoms with Gasteiger partial charge in [0.25, 0.3) is 5.69 Å². The van der Waals surface area contributed by atoms with Crippen LogP contribution in [0.25, 0.3) is 0 Å². The highest BCUT2D eigenvalue weighted by molar-refractivity contribution is 6.00. The van der Waals surface area contributed by atoms with Crippen LogP contribution in [-0.4, -0.2) is 11.0 Å². The SMILES string of the molecule is Cc1ccc(NC(=O)Nc2ccc(Oc3ccc([N+](=O)[O-])cc3)cc2)c(C)c1. The van der Waals surface area contributed by atoms with Gasteiger partial charge in [0.2, 0.25) is 0 Å². The number of non-ortho nitro benzene ring substituents is 1. The van der Waals surface area contributed by atoms with E-state index in [1.807, 2.05) is 32.0 Å². The minimum Gasteiger partial charge on any atom is -0.457 e. The number of nitro benzene ring substituents is 1.